The summed E-state index contributed by atoms with van der Waals surface area (Å²) in [4.78, 5) is 0.138. The van der Waals surface area contributed by atoms with Gasteiger partial charge in [-0.1, -0.05) is 38.3 Å². The van der Waals surface area contributed by atoms with E-state index in [9.17, 15) is 8.42 Å². The zero-order chi connectivity index (χ0) is 17.0. The number of ether oxygens (including phenoxy) is 1. The molecule has 130 valence electrons. The topological polar surface area (TPSA) is 55.4 Å². The van der Waals surface area contributed by atoms with Crippen LogP contribution < -0.4 is 9.46 Å². The maximum Gasteiger partial charge on any atom is 0.244 e. The first kappa shape index (κ1) is 18.6. The number of hydrogen-bond donors (Lipinski definition) is 1. The lowest BCUT2D eigenvalue weighted by Gasteiger charge is -2.29. The van der Waals surface area contributed by atoms with Crippen LogP contribution >= 0.6 is 11.6 Å². The van der Waals surface area contributed by atoms with Crippen LogP contribution in [0.15, 0.2) is 17.0 Å². The van der Waals surface area contributed by atoms with Crippen LogP contribution in [0.1, 0.15) is 51.5 Å². The molecule has 0 amide bonds. The van der Waals surface area contributed by atoms with Crippen molar-refractivity contribution >= 4 is 21.6 Å². The fraction of sp³-hybridized carbons (Fsp3) is 0.647. The summed E-state index contributed by atoms with van der Waals surface area (Å²) in [5, 5.41) is 0.436. The SMILES string of the molecule is CCCOc1cc(C)c(Cl)cc1S(=O)(=O)N[C@H]1CCCC[C@H]1C. The Labute approximate surface area is 144 Å². The highest BCUT2D eigenvalue weighted by Gasteiger charge is 2.29. The molecule has 1 aromatic rings. The molecule has 1 N–H and O–H groups in total. The molecule has 1 aliphatic rings. The third kappa shape index (κ3) is 4.61. The molecule has 0 saturated heterocycles. The van der Waals surface area contributed by atoms with E-state index in [0.717, 1.165) is 31.2 Å². The summed E-state index contributed by atoms with van der Waals surface area (Å²) in [7, 11) is -3.65. The van der Waals surface area contributed by atoms with E-state index in [-0.39, 0.29) is 10.9 Å². The molecule has 0 unspecified atom stereocenters. The van der Waals surface area contributed by atoms with Crippen LogP contribution in [0, 0.1) is 12.8 Å². The average Bonchev–Trinajstić information content (AvgIpc) is 2.50. The zero-order valence-corrected chi connectivity index (χ0v) is 15.6. The Bertz CT molecular complexity index is 645. The maximum atomic E-state index is 12.8. The molecule has 1 saturated carbocycles. The summed E-state index contributed by atoms with van der Waals surface area (Å²) in [6.45, 7) is 6.40. The predicted molar refractivity (Wildman–Crippen MR) is 93.7 cm³/mol. The van der Waals surface area contributed by atoms with Crippen LogP contribution in [-0.4, -0.2) is 21.1 Å². The van der Waals surface area contributed by atoms with Crippen LogP contribution in [0.5, 0.6) is 5.75 Å². The van der Waals surface area contributed by atoms with Crippen LogP contribution in [0.25, 0.3) is 0 Å². The first-order chi connectivity index (χ1) is 10.8. The number of aryl methyl sites for hydroxylation is 1. The van der Waals surface area contributed by atoms with Crippen LogP contribution in [0.3, 0.4) is 0 Å². The highest BCUT2D eigenvalue weighted by atomic mass is 35.5. The van der Waals surface area contributed by atoms with Crippen LogP contribution in [-0.2, 0) is 10.0 Å². The van der Waals surface area contributed by atoms with Gasteiger partial charge in [0.05, 0.1) is 6.61 Å². The van der Waals surface area contributed by atoms with Gasteiger partial charge in [-0.3, -0.25) is 0 Å². The van der Waals surface area contributed by atoms with Crippen molar-refractivity contribution in [2.45, 2.75) is 63.8 Å². The van der Waals surface area contributed by atoms with Crippen molar-refractivity contribution in [2.24, 2.45) is 5.92 Å². The van der Waals surface area contributed by atoms with E-state index in [1.807, 2.05) is 13.8 Å². The first-order valence-electron chi connectivity index (χ1n) is 8.30. The molecule has 0 spiro atoms. The molecule has 4 nitrogen and oxygen atoms in total. The Balaban J connectivity index is 2.31. The van der Waals surface area contributed by atoms with E-state index in [2.05, 4.69) is 11.6 Å². The van der Waals surface area contributed by atoms with E-state index in [0.29, 0.717) is 23.3 Å². The highest BCUT2D eigenvalue weighted by molar-refractivity contribution is 7.89. The second-order valence-corrected chi connectivity index (χ2v) is 8.48. The monoisotopic (exact) mass is 359 g/mol. The summed E-state index contributed by atoms with van der Waals surface area (Å²) >= 11 is 6.15. The van der Waals surface area contributed by atoms with Crippen molar-refractivity contribution in [3.05, 3.63) is 22.7 Å². The van der Waals surface area contributed by atoms with Crippen molar-refractivity contribution in [1.82, 2.24) is 4.72 Å². The summed E-state index contributed by atoms with van der Waals surface area (Å²) in [5.74, 6) is 0.726. The van der Waals surface area contributed by atoms with E-state index in [4.69, 9.17) is 16.3 Å². The molecule has 0 bridgehead atoms. The fourth-order valence-electron chi connectivity index (χ4n) is 2.93. The van der Waals surface area contributed by atoms with Gasteiger partial charge in [0.2, 0.25) is 10.0 Å². The lowest BCUT2D eigenvalue weighted by Crippen LogP contribution is -2.41. The third-order valence-corrected chi connectivity index (χ3v) is 6.31. The quantitative estimate of drug-likeness (QED) is 0.824. The number of nitrogens with one attached hydrogen (secondary N) is 1. The Morgan fingerprint density at radius 2 is 2.00 bits per heavy atom. The van der Waals surface area contributed by atoms with E-state index in [1.54, 1.807) is 6.07 Å². The molecule has 0 aromatic heterocycles. The minimum atomic E-state index is -3.65. The van der Waals surface area contributed by atoms with E-state index < -0.39 is 10.0 Å². The molecule has 2 rings (SSSR count). The second-order valence-electron chi connectivity index (χ2n) is 6.39. The molecular weight excluding hydrogens is 334 g/mol. The molecule has 1 fully saturated rings. The molecule has 1 aliphatic carbocycles. The molecule has 6 heteroatoms. The smallest absolute Gasteiger partial charge is 0.244 e. The van der Waals surface area contributed by atoms with Gasteiger partial charge >= 0.3 is 0 Å². The average molecular weight is 360 g/mol. The van der Waals surface area contributed by atoms with Crippen molar-refractivity contribution < 1.29 is 13.2 Å². The van der Waals surface area contributed by atoms with E-state index >= 15 is 0 Å². The Morgan fingerprint density at radius 3 is 2.65 bits per heavy atom. The molecule has 2 atom stereocenters. The lowest BCUT2D eigenvalue weighted by atomic mass is 9.87. The van der Waals surface area contributed by atoms with Gasteiger partial charge in [0.15, 0.2) is 0 Å². The predicted octanol–water partition coefficient (Wildman–Crippen LogP) is 4.29. The molecule has 0 heterocycles. The number of rotatable bonds is 6. The first-order valence-corrected chi connectivity index (χ1v) is 10.2. The molecule has 23 heavy (non-hydrogen) atoms. The Hall–Kier alpha value is -0.780. The minimum absolute atomic E-state index is 0.0205. The molecule has 0 aliphatic heterocycles. The maximum absolute atomic E-state index is 12.8. The number of benzene rings is 1. The van der Waals surface area contributed by atoms with Gasteiger partial charge in [0.25, 0.3) is 0 Å². The Kier molecular flexibility index (Phi) is 6.34. The fourth-order valence-corrected chi connectivity index (χ4v) is 4.69. The van der Waals surface area contributed by atoms with Gasteiger partial charge < -0.3 is 4.74 Å². The highest BCUT2D eigenvalue weighted by Crippen LogP contribution is 2.32. The normalized spacial score (nSPS) is 22.1. The number of hydrogen-bond acceptors (Lipinski definition) is 3. The molecular formula is C17H26ClNO3S. The third-order valence-electron chi connectivity index (χ3n) is 4.39. The van der Waals surface area contributed by atoms with Gasteiger partial charge in [-0.05, 0) is 49.8 Å². The summed E-state index contributed by atoms with van der Waals surface area (Å²) in [6, 6.07) is 3.18. The van der Waals surface area contributed by atoms with Crippen molar-refractivity contribution in [3.8, 4) is 5.75 Å². The summed E-state index contributed by atoms with van der Waals surface area (Å²) in [6.07, 6.45) is 4.98. The summed E-state index contributed by atoms with van der Waals surface area (Å²) < 4.78 is 34.2. The summed E-state index contributed by atoms with van der Waals surface area (Å²) in [5.41, 5.74) is 0.808. The van der Waals surface area contributed by atoms with Crippen molar-refractivity contribution in [2.75, 3.05) is 6.61 Å². The molecule has 1 aromatic carbocycles. The van der Waals surface area contributed by atoms with Gasteiger partial charge in [-0.2, -0.15) is 0 Å². The van der Waals surface area contributed by atoms with Gasteiger partial charge in [-0.25, -0.2) is 13.1 Å². The van der Waals surface area contributed by atoms with Crippen LogP contribution in [0.2, 0.25) is 5.02 Å². The Morgan fingerprint density at radius 1 is 1.30 bits per heavy atom. The van der Waals surface area contributed by atoms with E-state index in [1.165, 1.54) is 12.5 Å². The van der Waals surface area contributed by atoms with Gasteiger partial charge in [0, 0.05) is 11.1 Å². The number of sulfonamides is 1. The van der Waals surface area contributed by atoms with Crippen molar-refractivity contribution in [1.29, 1.82) is 0 Å². The molecule has 0 radical (unpaired) electrons. The van der Waals surface area contributed by atoms with Crippen molar-refractivity contribution in [3.63, 3.8) is 0 Å². The largest absolute Gasteiger partial charge is 0.492 e. The standard InChI is InChI=1S/C17H26ClNO3S/c1-4-9-22-16-10-13(3)14(18)11-17(16)23(20,21)19-15-8-6-5-7-12(15)2/h10-12,15,19H,4-9H2,1-3H3/t12-,15+/m1/s1. The lowest BCUT2D eigenvalue weighted by molar-refractivity contribution is 0.303. The zero-order valence-electron chi connectivity index (χ0n) is 14.1. The van der Waals surface area contributed by atoms with Crippen LogP contribution in [0.4, 0.5) is 0 Å². The minimum Gasteiger partial charge on any atom is -0.492 e. The van der Waals surface area contributed by atoms with Gasteiger partial charge in [-0.15, -0.1) is 0 Å². The van der Waals surface area contributed by atoms with Gasteiger partial charge in [0.1, 0.15) is 10.6 Å². The second kappa shape index (κ2) is 7.86. The number of halogens is 1.